The fraction of sp³-hybridized carbons (Fsp3) is 0.344. The van der Waals surface area contributed by atoms with Gasteiger partial charge in [0.15, 0.2) is 5.82 Å². The van der Waals surface area contributed by atoms with E-state index in [-0.39, 0.29) is 11.4 Å². The van der Waals surface area contributed by atoms with Crippen LogP contribution in [0.4, 0.5) is 5.82 Å². The summed E-state index contributed by atoms with van der Waals surface area (Å²) in [5, 5.41) is 17.1. The van der Waals surface area contributed by atoms with Gasteiger partial charge < -0.3 is 16.2 Å². The minimum atomic E-state index is -1.10. The number of nitrogens with two attached hydrogens (primary N) is 1. The molecule has 1 saturated heterocycles. The number of benzene rings is 2. The van der Waals surface area contributed by atoms with Crippen molar-refractivity contribution in [2.75, 3.05) is 18.8 Å². The number of fused-ring (bicyclic) bond motifs is 1. The average Bonchev–Trinajstić information content (AvgIpc) is 3.57. The maximum Gasteiger partial charge on any atom is 0.341 e. The van der Waals surface area contributed by atoms with Crippen LogP contribution < -0.4 is 11.1 Å². The van der Waals surface area contributed by atoms with E-state index in [2.05, 4.69) is 53.7 Å². The van der Waals surface area contributed by atoms with Gasteiger partial charge in [-0.15, -0.1) is 0 Å². The van der Waals surface area contributed by atoms with E-state index in [4.69, 9.17) is 10.7 Å². The molecule has 1 unspecified atom stereocenters. The van der Waals surface area contributed by atoms with Crippen molar-refractivity contribution < 1.29 is 9.90 Å². The first kappa shape index (κ1) is 25.3. The maximum atomic E-state index is 11.5. The molecule has 0 saturated carbocycles. The third-order valence-electron chi connectivity index (χ3n) is 8.48. The topological polar surface area (TPSA) is 106 Å². The predicted molar refractivity (Wildman–Crippen MR) is 154 cm³/mol. The molecule has 7 heteroatoms. The van der Waals surface area contributed by atoms with Gasteiger partial charge in [-0.05, 0) is 103 Å². The summed E-state index contributed by atoms with van der Waals surface area (Å²) in [4.78, 5) is 16.3. The first-order valence-corrected chi connectivity index (χ1v) is 14.0. The number of rotatable bonds is 7. The van der Waals surface area contributed by atoms with E-state index in [1.807, 2.05) is 12.1 Å². The molecule has 1 aliphatic carbocycles. The van der Waals surface area contributed by atoms with Gasteiger partial charge in [0.25, 0.3) is 0 Å². The normalized spacial score (nSPS) is 17.3. The lowest BCUT2D eigenvalue weighted by molar-refractivity contribution is 0.0698. The molecule has 1 aliphatic heterocycles. The summed E-state index contributed by atoms with van der Waals surface area (Å²) in [5.74, 6) is 0.564. The Kier molecular flexibility index (Phi) is 6.92. The lowest BCUT2D eigenvalue weighted by atomic mass is 9.83. The van der Waals surface area contributed by atoms with Crippen LogP contribution in [-0.4, -0.2) is 38.9 Å². The van der Waals surface area contributed by atoms with E-state index in [1.165, 1.54) is 46.0 Å². The Hall–Kier alpha value is -3.97. The average molecular weight is 522 g/mol. The fourth-order valence-corrected chi connectivity index (χ4v) is 6.52. The second-order valence-corrected chi connectivity index (χ2v) is 10.8. The number of aromatic nitrogens is 3. The quantitative estimate of drug-likeness (QED) is 0.296. The highest BCUT2D eigenvalue weighted by atomic mass is 16.4. The molecule has 0 amide bonds. The minimum absolute atomic E-state index is 0.0273. The van der Waals surface area contributed by atoms with Crippen molar-refractivity contribution in [3.63, 3.8) is 0 Å². The number of piperidine rings is 1. The number of aryl methyl sites for hydroxylation is 2. The number of carbonyl (C=O) groups is 1. The Bertz CT molecular complexity index is 1520. The van der Waals surface area contributed by atoms with Crippen molar-refractivity contribution >= 4 is 11.8 Å². The maximum absolute atomic E-state index is 11.5. The van der Waals surface area contributed by atoms with Crippen molar-refractivity contribution in [2.45, 2.75) is 57.3 Å². The number of carboxylic acids is 1. The zero-order chi connectivity index (χ0) is 26.9. The largest absolute Gasteiger partial charge is 0.477 e. The number of hydrogen-bond acceptors (Lipinski definition) is 5. The van der Waals surface area contributed by atoms with Crippen molar-refractivity contribution in [3.8, 4) is 17.1 Å². The van der Waals surface area contributed by atoms with Gasteiger partial charge in [0.2, 0.25) is 0 Å². The van der Waals surface area contributed by atoms with Crippen LogP contribution in [0.3, 0.4) is 0 Å². The second-order valence-electron chi connectivity index (χ2n) is 10.8. The van der Waals surface area contributed by atoms with Gasteiger partial charge in [-0.2, -0.15) is 9.78 Å². The molecule has 2 aromatic carbocycles. The number of aromatic carboxylic acids is 1. The zero-order valence-electron chi connectivity index (χ0n) is 22.4. The SMILES string of the molecule is CCc1cc(CC2CCc3cccc(-c4cccc(-n5ncc(C(=O)O)c5N)n4)c32)ccc1C1CCNCC1. The number of nitrogen functional groups attached to an aromatic ring is 1. The van der Waals surface area contributed by atoms with Gasteiger partial charge in [-0.1, -0.05) is 49.4 Å². The summed E-state index contributed by atoms with van der Waals surface area (Å²) in [7, 11) is 0. The molecule has 200 valence electrons. The van der Waals surface area contributed by atoms with Crippen LogP contribution in [0.15, 0.2) is 60.8 Å². The van der Waals surface area contributed by atoms with E-state index in [0.29, 0.717) is 17.7 Å². The van der Waals surface area contributed by atoms with Crippen LogP contribution in [0.5, 0.6) is 0 Å². The monoisotopic (exact) mass is 521 g/mol. The second kappa shape index (κ2) is 10.7. The molecular formula is C32H35N5O2. The summed E-state index contributed by atoms with van der Waals surface area (Å²) in [6.07, 6.45) is 7.98. The number of nitrogens with one attached hydrogen (secondary N) is 1. The van der Waals surface area contributed by atoms with E-state index in [1.54, 1.807) is 11.6 Å². The molecule has 2 aliphatic rings. The smallest absolute Gasteiger partial charge is 0.341 e. The van der Waals surface area contributed by atoms with Gasteiger partial charge in [0.05, 0.1) is 11.9 Å². The lowest BCUT2D eigenvalue weighted by Gasteiger charge is -2.26. The van der Waals surface area contributed by atoms with E-state index in [9.17, 15) is 9.90 Å². The summed E-state index contributed by atoms with van der Waals surface area (Å²) >= 11 is 0. The highest BCUT2D eigenvalue weighted by Gasteiger charge is 2.27. The molecule has 1 atom stereocenters. The van der Waals surface area contributed by atoms with Gasteiger partial charge >= 0.3 is 5.97 Å². The van der Waals surface area contributed by atoms with Gasteiger partial charge in [-0.3, -0.25) is 0 Å². The third-order valence-corrected chi connectivity index (χ3v) is 8.48. The van der Waals surface area contributed by atoms with E-state index in [0.717, 1.165) is 50.0 Å². The molecular weight excluding hydrogens is 486 g/mol. The number of hydrogen-bond donors (Lipinski definition) is 3. The van der Waals surface area contributed by atoms with Crippen LogP contribution in [-0.2, 0) is 19.3 Å². The molecule has 1 fully saturated rings. The lowest BCUT2D eigenvalue weighted by Crippen LogP contribution is -2.27. The molecule has 3 heterocycles. The molecule has 39 heavy (non-hydrogen) atoms. The van der Waals surface area contributed by atoms with Crippen LogP contribution in [0.25, 0.3) is 17.1 Å². The summed E-state index contributed by atoms with van der Waals surface area (Å²) < 4.78 is 1.39. The predicted octanol–water partition coefficient (Wildman–Crippen LogP) is 5.52. The third kappa shape index (κ3) is 4.83. The standard InChI is InChI=1S/C32H35N5O2/c1-2-21-17-20(9-12-25(21)22-13-15-34-16-14-22)18-24-11-10-23-5-3-6-26(30(23)24)28-7-4-8-29(36-28)37-31(33)27(19-35-37)32(38)39/h3-9,12,17,19,22,24,34H,2,10-11,13-16,18,33H2,1H3,(H,38,39). The van der Waals surface area contributed by atoms with Crippen molar-refractivity contribution in [3.05, 3.63) is 94.2 Å². The van der Waals surface area contributed by atoms with Gasteiger partial charge in [0.1, 0.15) is 11.4 Å². The van der Waals surface area contributed by atoms with Crippen molar-refractivity contribution in [1.82, 2.24) is 20.1 Å². The molecule has 4 N–H and O–H groups in total. The van der Waals surface area contributed by atoms with Crippen LogP contribution in [0, 0.1) is 0 Å². The first-order valence-electron chi connectivity index (χ1n) is 14.0. The van der Waals surface area contributed by atoms with Gasteiger partial charge in [-0.25, -0.2) is 9.78 Å². The van der Waals surface area contributed by atoms with E-state index < -0.39 is 5.97 Å². The first-order chi connectivity index (χ1) is 19.0. The Morgan fingerprint density at radius 2 is 1.92 bits per heavy atom. The highest BCUT2D eigenvalue weighted by Crippen LogP contribution is 2.42. The Labute approximate surface area is 229 Å². The van der Waals surface area contributed by atoms with E-state index >= 15 is 0 Å². The number of carboxylic acid groups (broad SMARTS) is 1. The Morgan fingerprint density at radius 3 is 2.69 bits per heavy atom. The molecule has 2 aromatic heterocycles. The summed E-state index contributed by atoms with van der Waals surface area (Å²) in [5.41, 5.74) is 15.2. The highest BCUT2D eigenvalue weighted by molar-refractivity contribution is 5.92. The number of anilines is 1. The molecule has 0 radical (unpaired) electrons. The Morgan fingerprint density at radius 1 is 1.10 bits per heavy atom. The van der Waals surface area contributed by atoms with Crippen molar-refractivity contribution in [1.29, 1.82) is 0 Å². The van der Waals surface area contributed by atoms with Gasteiger partial charge in [0, 0.05) is 5.56 Å². The Balaban J connectivity index is 1.31. The summed E-state index contributed by atoms with van der Waals surface area (Å²) in [6, 6.07) is 19.4. The molecule has 0 bridgehead atoms. The molecule has 6 rings (SSSR count). The number of nitrogens with zero attached hydrogens (tertiary/aromatic N) is 3. The van der Waals surface area contributed by atoms with Crippen LogP contribution in [0.2, 0.25) is 0 Å². The zero-order valence-corrected chi connectivity index (χ0v) is 22.4. The number of pyridine rings is 1. The van der Waals surface area contributed by atoms with Crippen LogP contribution >= 0.6 is 0 Å². The van der Waals surface area contributed by atoms with Crippen molar-refractivity contribution in [2.24, 2.45) is 0 Å². The molecule has 4 aromatic rings. The minimum Gasteiger partial charge on any atom is -0.477 e. The molecule has 7 nitrogen and oxygen atoms in total. The molecule has 0 spiro atoms. The van der Waals surface area contributed by atoms with Crippen LogP contribution in [0.1, 0.15) is 76.2 Å². The summed E-state index contributed by atoms with van der Waals surface area (Å²) in [6.45, 7) is 4.50. The fourth-order valence-electron chi connectivity index (χ4n) is 6.52.